The SMILES string of the molecule is Nc1cnn(Cc2nc(CC3CCCO3)no2)c1. The number of hydrogen-bond donors (Lipinski definition) is 1. The van der Waals surface area contributed by atoms with E-state index in [1.54, 1.807) is 17.1 Å². The second-order valence-electron chi connectivity index (χ2n) is 4.41. The van der Waals surface area contributed by atoms with Gasteiger partial charge in [-0.1, -0.05) is 5.16 Å². The molecule has 2 aromatic rings. The summed E-state index contributed by atoms with van der Waals surface area (Å²) in [5.41, 5.74) is 6.20. The van der Waals surface area contributed by atoms with Crippen LogP contribution in [0.5, 0.6) is 0 Å². The van der Waals surface area contributed by atoms with Gasteiger partial charge in [-0.25, -0.2) is 0 Å². The summed E-state index contributed by atoms with van der Waals surface area (Å²) in [6, 6.07) is 0. The maximum absolute atomic E-state index is 5.58. The first kappa shape index (κ1) is 11.2. The van der Waals surface area contributed by atoms with Crippen LogP contribution < -0.4 is 5.73 Å². The Kier molecular flexibility index (Phi) is 2.97. The van der Waals surface area contributed by atoms with Crippen molar-refractivity contribution in [2.24, 2.45) is 0 Å². The lowest BCUT2D eigenvalue weighted by Crippen LogP contribution is -2.10. The molecular weight excluding hydrogens is 234 g/mol. The van der Waals surface area contributed by atoms with E-state index in [-0.39, 0.29) is 6.10 Å². The zero-order valence-corrected chi connectivity index (χ0v) is 9.95. The Morgan fingerprint density at radius 2 is 2.44 bits per heavy atom. The van der Waals surface area contributed by atoms with Crippen molar-refractivity contribution in [3.8, 4) is 0 Å². The van der Waals surface area contributed by atoms with E-state index >= 15 is 0 Å². The van der Waals surface area contributed by atoms with Gasteiger partial charge in [-0.2, -0.15) is 10.1 Å². The smallest absolute Gasteiger partial charge is 0.248 e. The van der Waals surface area contributed by atoms with Crippen LogP contribution >= 0.6 is 0 Å². The number of nitrogen functional groups attached to an aromatic ring is 1. The first-order chi connectivity index (χ1) is 8.79. The van der Waals surface area contributed by atoms with Crippen molar-refractivity contribution in [2.75, 3.05) is 12.3 Å². The van der Waals surface area contributed by atoms with Crippen LogP contribution in [0, 0.1) is 0 Å². The van der Waals surface area contributed by atoms with Crippen molar-refractivity contribution in [3.05, 3.63) is 24.1 Å². The van der Waals surface area contributed by atoms with E-state index in [2.05, 4.69) is 15.2 Å². The number of rotatable bonds is 4. The van der Waals surface area contributed by atoms with Crippen LogP contribution in [0.3, 0.4) is 0 Å². The zero-order valence-electron chi connectivity index (χ0n) is 9.95. The molecule has 0 bridgehead atoms. The van der Waals surface area contributed by atoms with Crippen molar-refractivity contribution in [2.45, 2.75) is 31.9 Å². The van der Waals surface area contributed by atoms with Gasteiger partial charge >= 0.3 is 0 Å². The fraction of sp³-hybridized carbons (Fsp3) is 0.545. The van der Waals surface area contributed by atoms with Gasteiger partial charge in [-0.3, -0.25) is 4.68 Å². The van der Waals surface area contributed by atoms with Gasteiger partial charge in [0.1, 0.15) is 6.54 Å². The topological polar surface area (TPSA) is 92.0 Å². The molecule has 2 aromatic heterocycles. The molecule has 3 rings (SSSR count). The quantitative estimate of drug-likeness (QED) is 0.853. The van der Waals surface area contributed by atoms with E-state index in [0.717, 1.165) is 19.4 Å². The first-order valence-electron chi connectivity index (χ1n) is 6.00. The lowest BCUT2D eigenvalue weighted by atomic mass is 10.2. The van der Waals surface area contributed by atoms with Gasteiger partial charge in [-0.15, -0.1) is 0 Å². The highest BCUT2D eigenvalue weighted by molar-refractivity contribution is 5.30. The second-order valence-corrected chi connectivity index (χ2v) is 4.41. The number of anilines is 1. The van der Waals surface area contributed by atoms with Crippen LogP contribution in [0.2, 0.25) is 0 Å². The third-order valence-electron chi connectivity index (χ3n) is 2.89. The molecule has 0 aliphatic carbocycles. The molecule has 1 unspecified atom stereocenters. The third kappa shape index (κ3) is 2.51. The third-order valence-corrected chi connectivity index (χ3v) is 2.89. The van der Waals surface area contributed by atoms with E-state index < -0.39 is 0 Å². The summed E-state index contributed by atoms with van der Waals surface area (Å²) in [5.74, 6) is 1.23. The molecular formula is C11H15N5O2. The fourth-order valence-electron chi connectivity index (χ4n) is 2.05. The summed E-state index contributed by atoms with van der Waals surface area (Å²) in [5, 5.41) is 8.01. The van der Waals surface area contributed by atoms with Crippen molar-refractivity contribution in [3.63, 3.8) is 0 Å². The zero-order chi connectivity index (χ0) is 12.4. The molecule has 1 atom stereocenters. The largest absolute Gasteiger partial charge is 0.396 e. The monoisotopic (exact) mass is 249 g/mol. The summed E-state index contributed by atoms with van der Waals surface area (Å²) in [6.45, 7) is 1.28. The normalized spacial score (nSPS) is 19.4. The van der Waals surface area contributed by atoms with Gasteiger partial charge in [-0.05, 0) is 12.8 Å². The van der Waals surface area contributed by atoms with Crippen LogP contribution in [0.25, 0.3) is 0 Å². The number of aromatic nitrogens is 4. The van der Waals surface area contributed by atoms with Crippen LogP contribution in [0.1, 0.15) is 24.6 Å². The molecule has 1 fully saturated rings. The standard InChI is InChI=1S/C11H15N5O2/c12-8-5-13-16(6-8)7-11-14-10(15-18-11)4-9-2-1-3-17-9/h5-6,9H,1-4,7,12H2. The molecule has 3 heterocycles. The molecule has 18 heavy (non-hydrogen) atoms. The molecule has 1 aliphatic heterocycles. The Bertz CT molecular complexity index is 515. The Hall–Kier alpha value is -1.89. The van der Waals surface area contributed by atoms with Crippen LogP contribution in [0.15, 0.2) is 16.9 Å². The molecule has 1 saturated heterocycles. The average Bonchev–Trinajstić information content (AvgIpc) is 3.04. The number of nitrogens with two attached hydrogens (primary N) is 1. The minimum atomic E-state index is 0.232. The number of nitrogens with zero attached hydrogens (tertiary/aromatic N) is 4. The maximum Gasteiger partial charge on any atom is 0.248 e. The Morgan fingerprint density at radius 3 is 3.17 bits per heavy atom. The van der Waals surface area contributed by atoms with E-state index in [1.165, 1.54) is 0 Å². The first-order valence-corrected chi connectivity index (χ1v) is 6.00. The Morgan fingerprint density at radius 1 is 1.50 bits per heavy atom. The lowest BCUT2D eigenvalue weighted by molar-refractivity contribution is 0.109. The molecule has 0 aromatic carbocycles. The van der Waals surface area contributed by atoms with Crippen molar-refractivity contribution in [1.82, 2.24) is 19.9 Å². The van der Waals surface area contributed by atoms with Gasteiger partial charge in [0, 0.05) is 19.2 Å². The highest BCUT2D eigenvalue weighted by Crippen LogP contribution is 2.15. The molecule has 1 aliphatic rings. The number of ether oxygens (including phenoxy) is 1. The van der Waals surface area contributed by atoms with Crippen LogP contribution in [0.4, 0.5) is 5.69 Å². The van der Waals surface area contributed by atoms with E-state index in [4.69, 9.17) is 15.0 Å². The molecule has 0 spiro atoms. The minimum absolute atomic E-state index is 0.232. The Labute approximate surface area is 104 Å². The molecule has 0 radical (unpaired) electrons. The maximum atomic E-state index is 5.58. The summed E-state index contributed by atoms with van der Waals surface area (Å²) in [6.07, 6.45) is 6.44. The highest BCUT2D eigenvalue weighted by Gasteiger charge is 2.19. The summed E-state index contributed by atoms with van der Waals surface area (Å²) >= 11 is 0. The molecule has 0 amide bonds. The van der Waals surface area contributed by atoms with Gasteiger partial charge in [0.15, 0.2) is 5.82 Å². The summed E-state index contributed by atoms with van der Waals surface area (Å²) in [7, 11) is 0. The van der Waals surface area contributed by atoms with Crippen molar-refractivity contribution < 1.29 is 9.26 Å². The summed E-state index contributed by atoms with van der Waals surface area (Å²) < 4.78 is 12.4. The predicted octanol–water partition coefficient (Wildman–Crippen LogP) is 0.618. The van der Waals surface area contributed by atoms with Gasteiger partial charge in [0.2, 0.25) is 5.89 Å². The molecule has 96 valence electrons. The predicted molar refractivity (Wildman–Crippen MR) is 62.7 cm³/mol. The van der Waals surface area contributed by atoms with E-state index in [1.807, 2.05) is 0 Å². The van der Waals surface area contributed by atoms with Crippen molar-refractivity contribution in [1.29, 1.82) is 0 Å². The van der Waals surface area contributed by atoms with E-state index in [9.17, 15) is 0 Å². The summed E-state index contributed by atoms with van der Waals surface area (Å²) in [4.78, 5) is 4.32. The lowest BCUT2D eigenvalue weighted by Gasteiger charge is -2.03. The molecule has 7 heteroatoms. The van der Waals surface area contributed by atoms with Crippen LogP contribution in [-0.2, 0) is 17.7 Å². The van der Waals surface area contributed by atoms with Gasteiger partial charge in [0.05, 0.1) is 18.0 Å². The Balaban J connectivity index is 1.62. The average molecular weight is 249 g/mol. The van der Waals surface area contributed by atoms with Gasteiger partial charge < -0.3 is 15.0 Å². The fourth-order valence-corrected chi connectivity index (χ4v) is 2.05. The van der Waals surface area contributed by atoms with E-state index in [0.29, 0.717) is 30.4 Å². The number of hydrogen-bond acceptors (Lipinski definition) is 6. The van der Waals surface area contributed by atoms with Crippen LogP contribution in [-0.4, -0.2) is 32.6 Å². The second kappa shape index (κ2) is 4.77. The molecule has 2 N–H and O–H groups in total. The van der Waals surface area contributed by atoms with Gasteiger partial charge in [0.25, 0.3) is 0 Å². The highest BCUT2D eigenvalue weighted by atomic mass is 16.5. The molecule has 0 saturated carbocycles. The van der Waals surface area contributed by atoms with Crippen molar-refractivity contribution >= 4 is 5.69 Å². The minimum Gasteiger partial charge on any atom is -0.396 e. The molecule has 7 nitrogen and oxygen atoms in total.